The van der Waals surface area contributed by atoms with Crippen LogP contribution < -0.4 is 5.32 Å². The van der Waals surface area contributed by atoms with E-state index in [4.69, 9.17) is 15.4 Å². The molecule has 1 aromatic rings. The third kappa shape index (κ3) is 4.27. The Morgan fingerprint density at radius 2 is 2.06 bits per heavy atom. The molecule has 0 aromatic carbocycles. The standard InChI is InChI=1S/C9H12ClNO5S/c1-9(2,3)16-8(12)11-6-4-5-15-7(6)17(10,13)14/h4-5H,1-3H3,(H,11,12). The Morgan fingerprint density at radius 3 is 2.53 bits per heavy atom. The summed E-state index contributed by atoms with van der Waals surface area (Å²) in [4.78, 5) is 11.4. The van der Waals surface area contributed by atoms with Gasteiger partial charge < -0.3 is 9.15 Å². The molecule has 96 valence electrons. The minimum absolute atomic E-state index is 0.0609. The third-order valence-electron chi connectivity index (χ3n) is 1.49. The lowest BCUT2D eigenvalue weighted by Crippen LogP contribution is -2.27. The highest BCUT2D eigenvalue weighted by Gasteiger charge is 2.23. The van der Waals surface area contributed by atoms with Crippen molar-refractivity contribution in [1.29, 1.82) is 0 Å². The minimum Gasteiger partial charge on any atom is -0.450 e. The van der Waals surface area contributed by atoms with E-state index < -0.39 is 25.8 Å². The van der Waals surface area contributed by atoms with E-state index in [0.29, 0.717) is 0 Å². The monoisotopic (exact) mass is 281 g/mol. The highest BCUT2D eigenvalue weighted by Crippen LogP contribution is 2.26. The first-order chi connectivity index (χ1) is 7.59. The summed E-state index contributed by atoms with van der Waals surface area (Å²) in [6, 6.07) is 1.26. The van der Waals surface area contributed by atoms with E-state index >= 15 is 0 Å². The zero-order valence-corrected chi connectivity index (χ0v) is 11.1. The fourth-order valence-electron chi connectivity index (χ4n) is 0.990. The van der Waals surface area contributed by atoms with Gasteiger partial charge in [0.15, 0.2) is 0 Å². The third-order valence-corrected chi connectivity index (χ3v) is 2.67. The van der Waals surface area contributed by atoms with E-state index in [9.17, 15) is 13.2 Å². The smallest absolute Gasteiger partial charge is 0.412 e. The number of carbonyl (C=O) groups is 1. The quantitative estimate of drug-likeness (QED) is 0.842. The van der Waals surface area contributed by atoms with Gasteiger partial charge in [0, 0.05) is 16.7 Å². The zero-order chi connectivity index (χ0) is 13.3. The van der Waals surface area contributed by atoms with E-state index in [1.165, 1.54) is 6.07 Å². The molecule has 1 N–H and O–H groups in total. The number of ether oxygens (including phenoxy) is 1. The molecular formula is C9H12ClNO5S. The Kier molecular flexibility index (Phi) is 3.73. The largest absolute Gasteiger partial charge is 0.450 e. The number of anilines is 1. The number of hydrogen-bond acceptors (Lipinski definition) is 5. The average Bonchev–Trinajstić information content (AvgIpc) is 2.46. The zero-order valence-electron chi connectivity index (χ0n) is 9.48. The Labute approximate surface area is 103 Å². The fraction of sp³-hybridized carbons (Fsp3) is 0.444. The van der Waals surface area contributed by atoms with Crippen LogP contribution in [-0.4, -0.2) is 20.1 Å². The van der Waals surface area contributed by atoms with Gasteiger partial charge in [0.2, 0.25) is 0 Å². The normalized spacial score (nSPS) is 12.2. The van der Waals surface area contributed by atoms with E-state index in [1.54, 1.807) is 20.8 Å². The first-order valence-electron chi connectivity index (χ1n) is 4.62. The first-order valence-corrected chi connectivity index (χ1v) is 6.93. The summed E-state index contributed by atoms with van der Waals surface area (Å²) >= 11 is 0. The maximum absolute atomic E-state index is 11.4. The molecule has 1 heterocycles. The molecule has 0 atom stereocenters. The number of halogens is 1. The van der Waals surface area contributed by atoms with Gasteiger partial charge in [0.05, 0.1) is 6.26 Å². The van der Waals surface area contributed by atoms with Crippen molar-refractivity contribution < 1.29 is 22.4 Å². The summed E-state index contributed by atoms with van der Waals surface area (Å²) in [6.45, 7) is 5.05. The van der Waals surface area contributed by atoms with E-state index in [0.717, 1.165) is 6.26 Å². The van der Waals surface area contributed by atoms with Crippen LogP contribution >= 0.6 is 10.7 Å². The van der Waals surface area contributed by atoms with Crippen LogP contribution in [0.1, 0.15) is 20.8 Å². The van der Waals surface area contributed by atoms with Crippen LogP contribution in [0.2, 0.25) is 0 Å². The number of carbonyl (C=O) groups excluding carboxylic acids is 1. The summed E-state index contributed by atoms with van der Waals surface area (Å²) in [6.07, 6.45) is 0.308. The van der Waals surface area contributed by atoms with Crippen LogP contribution in [0, 0.1) is 0 Å². The maximum atomic E-state index is 11.4. The summed E-state index contributed by atoms with van der Waals surface area (Å²) in [5.41, 5.74) is -0.748. The molecule has 0 radical (unpaired) electrons. The molecule has 1 rings (SSSR count). The fourth-order valence-corrected chi connectivity index (χ4v) is 1.90. The lowest BCUT2D eigenvalue weighted by molar-refractivity contribution is 0.0635. The summed E-state index contributed by atoms with van der Waals surface area (Å²) in [5, 5.41) is 1.71. The van der Waals surface area contributed by atoms with Gasteiger partial charge in [0.25, 0.3) is 14.1 Å². The molecule has 0 saturated carbocycles. The van der Waals surface area contributed by atoms with Crippen LogP contribution in [0.5, 0.6) is 0 Å². The maximum Gasteiger partial charge on any atom is 0.412 e. The topological polar surface area (TPSA) is 85.6 Å². The van der Waals surface area contributed by atoms with Crippen molar-refractivity contribution >= 4 is 31.5 Å². The van der Waals surface area contributed by atoms with Crippen molar-refractivity contribution in [3.05, 3.63) is 12.3 Å². The van der Waals surface area contributed by atoms with Gasteiger partial charge in [-0.15, -0.1) is 0 Å². The molecule has 6 nitrogen and oxygen atoms in total. The van der Waals surface area contributed by atoms with Crippen LogP contribution in [0.3, 0.4) is 0 Å². The Hall–Kier alpha value is -1.21. The Morgan fingerprint density at radius 1 is 1.47 bits per heavy atom. The number of hydrogen-bond donors (Lipinski definition) is 1. The van der Waals surface area contributed by atoms with Crippen molar-refractivity contribution in [2.75, 3.05) is 5.32 Å². The minimum atomic E-state index is -4.04. The van der Waals surface area contributed by atoms with Gasteiger partial charge in [-0.3, -0.25) is 5.32 Å². The van der Waals surface area contributed by atoms with Crippen molar-refractivity contribution in [3.8, 4) is 0 Å². The highest BCUT2D eigenvalue weighted by atomic mass is 35.7. The predicted molar refractivity (Wildman–Crippen MR) is 61.6 cm³/mol. The van der Waals surface area contributed by atoms with Gasteiger partial charge in [-0.05, 0) is 20.8 Å². The molecule has 0 aliphatic heterocycles. The summed E-state index contributed by atoms with van der Waals surface area (Å²) in [5.74, 6) is 0. The van der Waals surface area contributed by atoms with E-state index in [1.807, 2.05) is 0 Å². The van der Waals surface area contributed by atoms with Gasteiger partial charge >= 0.3 is 6.09 Å². The number of amides is 1. The summed E-state index contributed by atoms with van der Waals surface area (Å²) in [7, 11) is 1.06. The Balaban J connectivity index is 2.84. The first kappa shape index (κ1) is 13.9. The molecule has 0 fully saturated rings. The SMILES string of the molecule is CC(C)(C)OC(=O)Nc1ccoc1S(=O)(=O)Cl. The number of furan rings is 1. The summed E-state index contributed by atoms with van der Waals surface area (Å²) < 4.78 is 31.7. The van der Waals surface area contributed by atoms with Crippen LogP contribution in [0.25, 0.3) is 0 Å². The second-order valence-corrected chi connectivity index (χ2v) is 6.65. The van der Waals surface area contributed by atoms with Gasteiger partial charge in [-0.2, -0.15) is 0 Å². The second-order valence-electron chi connectivity index (χ2n) is 4.19. The predicted octanol–water partition coefficient (Wildman–Crippen LogP) is 2.55. The van der Waals surface area contributed by atoms with Crippen molar-refractivity contribution in [2.45, 2.75) is 31.5 Å². The Bertz CT molecular complexity index is 514. The molecule has 8 heteroatoms. The molecule has 0 saturated heterocycles. The molecule has 0 aliphatic carbocycles. The average molecular weight is 282 g/mol. The molecule has 0 unspecified atom stereocenters. The number of rotatable bonds is 2. The van der Waals surface area contributed by atoms with Crippen LogP contribution in [-0.2, 0) is 13.8 Å². The van der Waals surface area contributed by atoms with Crippen molar-refractivity contribution in [1.82, 2.24) is 0 Å². The molecule has 0 spiro atoms. The van der Waals surface area contributed by atoms with Gasteiger partial charge in [-0.25, -0.2) is 13.2 Å². The van der Waals surface area contributed by atoms with Gasteiger partial charge in [0.1, 0.15) is 11.3 Å². The molecule has 0 aliphatic rings. The van der Waals surface area contributed by atoms with E-state index in [-0.39, 0.29) is 5.69 Å². The van der Waals surface area contributed by atoms with Crippen molar-refractivity contribution in [3.63, 3.8) is 0 Å². The number of nitrogens with one attached hydrogen (secondary N) is 1. The second kappa shape index (κ2) is 4.58. The van der Waals surface area contributed by atoms with Gasteiger partial charge in [-0.1, -0.05) is 0 Å². The molecule has 1 aromatic heterocycles. The lowest BCUT2D eigenvalue weighted by atomic mass is 10.2. The highest BCUT2D eigenvalue weighted by molar-refractivity contribution is 8.13. The molecule has 0 bridgehead atoms. The molecular weight excluding hydrogens is 270 g/mol. The molecule has 1 amide bonds. The van der Waals surface area contributed by atoms with E-state index in [2.05, 4.69) is 9.73 Å². The van der Waals surface area contributed by atoms with Crippen molar-refractivity contribution in [2.24, 2.45) is 0 Å². The lowest BCUT2D eigenvalue weighted by Gasteiger charge is -2.19. The van der Waals surface area contributed by atoms with Crippen LogP contribution in [0.15, 0.2) is 21.8 Å². The van der Waals surface area contributed by atoms with Crippen LogP contribution in [0.4, 0.5) is 10.5 Å². The molecule has 17 heavy (non-hydrogen) atoms.